The molecule has 1 aromatic carbocycles. The molecule has 25 heavy (non-hydrogen) atoms. The highest BCUT2D eigenvalue weighted by molar-refractivity contribution is 5.67. The summed E-state index contributed by atoms with van der Waals surface area (Å²) in [5.41, 5.74) is 2.40. The normalized spacial score (nSPS) is 13.6. The van der Waals surface area contributed by atoms with E-state index in [1.165, 1.54) is 12.8 Å². The molecule has 126 valence electrons. The molecule has 0 radical (unpaired) electrons. The lowest BCUT2D eigenvalue weighted by Gasteiger charge is -2.12. The van der Waals surface area contributed by atoms with Crippen LogP contribution in [0.5, 0.6) is 5.88 Å². The second kappa shape index (κ2) is 6.51. The molecule has 1 aliphatic rings. The van der Waals surface area contributed by atoms with Crippen molar-refractivity contribution in [1.29, 1.82) is 0 Å². The standard InChI is InChI=1S/C20H19N3O2/c1-14-21-11-18(20(22-14)25-13-15-7-8-15)16-9-10-19(24)23(12-16)17-5-3-2-4-6-17/h2-6,9-12,15H,7-8,13H2,1H3. The van der Waals surface area contributed by atoms with Crippen LogP contribution in [0.15, 0.2) is 59.7 Å². The third kappa shape index (κ3) is 3.45. The van der Waals surface area contributed by atoms with Crippen LogP contribution in [-0.2, 0) is 0 Å². The minimum atomic E-state index is -0.0802. The van der Waals surface area contributed by atoms with Gasteiger partial charge in [0.05, 0.1) is 12.2 Å². The Kier molecular flexibility index (Phi) is 4.06. The van der Waals surface area contributed by atoms with Crippen molar-refractivity contribution in [3.8, 4) is 22.7 Å². The van der Waals surface area contributed by atoms with E-state index in [-0.39, 0.29) is 5.56 Å². The maximum Gasteiger partial charge on any atom is 0.255 e. The van der Waals surface area contributed by atoms with Crippen molar-refractivity contribution in [1.82, 2.24) is 14.5 Å². The van der Waals surface area contributed by atoms with Crippen LogP contribution in [0.25, 0.3) is 16.8 Å². The van der Waals surface area contributed by atoms with Crippen LogP contribution in [0, 0.1) is 12.8 Å². The van der Waals surface area contributed by atoms with Crippen LogP contribution in [-0.4, -0.2) is 21.1 Å². The Balaban J connectivity index is 1.75. The van der Waals surface area contributed by atoms with Crippen LogP contribution < -0.4 is 10.3 Å². The molecule has 1 saturated carbocycles. The number of para-hydroxylation sites is 1. The van der Waals surface area contributed by atoms with E-state index in [1.54, 1.807) is 22.9 Å². The van der Waals surface area contributed by atoms with Gasteiger partial charge in [-0.25, -0.2) is 4.98 Å². The Morgan fingerprint density at radius 1 is 1.16 bits per heavy atom. The minimum Gasteiger partial charge on any atom is -0.477 e. The SMILES string of the molecule is Cc1ncc(-c2ccc(=O)n(-c3ccccc3)c2)c(OCC2CC2)n1. The summed E-state index contributed by atoms with van der Waals surface area (Å²) in [5, 5.41) is 0. The molecule has 2 heterocycles. The number of aromatic nitrogens is 3. The van der Waals surface area contributed by atoms with Gasteiger partial charge in [0.25, 0.3) is 5.56 Å². The largest absolute Gasteiger partial charge is 0.477 e. The van der Waals surface area contributed by atoms with Gasteiger partial charge >= 0.3 is 0 Å². The van der Waals surface area contributed by atoms with E-state index < -0.39 is 0 Å². The highest BCUT2D eigenvalue weighted by atomic mass is 16.5. The molecular weight excluding hydrogens is 314 g/mol. The van der Waals surface area contributed by atoms with Crippen molar-refractivity contribution >= 4 is 0 Å². The molecule has 0 N–H and O–H groups in total. The van der Waals surface area contributed by atoms with Crippen molar-refractivity contribution in [2.75, 3.05) is 6.61 Å². The molecule has 4 rings (SSSR count). The molecule has 0 amide bonds. The number of nitrogens with zero attached hydrogens (tertiary/aromatic N) is 3. The summed E-state index contributed by atoms with van der Waals surface area (Å²) in [6, 6.07) is 12.9. The Hall–Kier alpha value is -2.95. The Morgan fingerprint density at radius 3 is 2.72 bits per heavy atom. The molecule has 1 aliphatic carbocycles. The van der Waals surface area contributed by atoms with Crippen molar-refractivity contribution < 1.29 is 4.74 Å². The second-order valence-electron chi connectivity index (χ2n) is 6.35. The van der Waals surface area contributed by atoms with Gasteiger partial charge in [-0.1, -0.05) is 18.2 Å². The van der Waals surface area contributed by atoms with Gasteiger partial charge in [-0.15, -0.1) is 0 Å². The minimum absolute atomic E-state index is 0.0802. The molecular formula is C20H19N3O2. The average molecular weight is 333 g/mol. The number of hydrogen-bond donors (Lipinski definition) is 0. The predicted octanol–water partition coefficient (Wildman–Crippen LogP) is 3.39. The van der Waals surface area contributed by atoms with E-state index in [1.807, 2.05) is 43.5 Å². The predicted molar refractivity (Wildman–Crippen MR) is 96.0 cm³/mol. The van der Waals surface area contributed by atoms with Crippen LogP contribution in [0.4, 0.5) is 0 Å². The Bertz CT molecular complexity index is 947. The summed E-state index contributed by atoms with van der Waals surface area (Å²) in [6.07, 6.45) is 6.02. The zero-order valence-corrected chi connectivity index (χ0v) is 14.1. The Labute approximate surface area is 146 Å². The van der Waals surface area contributed by atoms with Crippen molar-refractivity contribution in [3.05, 3.63) is 71.0 Å². The van der Waals surface area contributed by atoms with Gasteiger partial charge in [0.2, 0.25) is 5.88 Å². The van der Waals surface area contributed by atoms with Crippen molar-refractivity contribution in [2.24, 2.45) is 5.92 Å². The highest BCUT2D eigenvalue weighted by Crippen LogP contribution is 2.32. The Morgan fingerprint density at radius 2 is 1.96 bits per heavy atom. The second-order valence-corrected chi connectivity index (χ2v) is 6.35. The average Bonchev–Trinajstić information content (AvgIpc) is 3.46. The first-order chi connectivity index (χ1) is 12.2. The van der Waals surface area contributed by atoms with E-state index >= 15 is 0 Å². The third-order valence-corrected chi connectivity index (χ3v) is 4.28. The first-order valence-corrected chi connectivity index (χ1v) is 8.45. The van der Waals surface area contributed by atoms with Gasteiger partial charge < -0.3 is 4.74 Å². The van der Waals surface area contributed by atoms with E-state index in [0.29, 0.717) is 24.2 Å². The van der Waals surface area contributed by atoms with Crippen LogP contribution in [0.3, 0.4) is 0 Å². The lowest BCUT2D eigenvalue weighted by molar-refractivity contribution is 0.288. The molecule has 0 atom stereocenters. The monoisotopic (exact) mass is 333 g/mol. The van der Waals surface area contributed by atoms with Gasteiger partial charge in [0.15, 0.2) is 0 Å². The van der Waals surface area contributed by atoms with Crippen LogP contribution in [0.1, 0.15) is 18.7 Å². The number of hydrogen-bond acceptors (Lipinski definition) is 4. The fourth-order valence-corrected chi connectivity index (χ4v) is 2.68. The number of rotatable bonds is 5. The summed E-state index contributed by atoms with van der Waals surface area (Å²) in [4.78, 5) is 21.0. The van der Waals surface area contributed by atoms with Gasteiger partial charge in [0.1, 0.15) is 5.82 Å². The van der Waals surface area contributed by atoms with E-state index in [0.717, 1.165) is 16.8 Å². The maximum atomic E-state index is 12.3. The molecule has 5 nitrogen and oxygen atoms in total. The molecule has 3 aromatic rings. The third-order valence-electron chi connectivity index (χ3n) is 4.28. The van der Waals surface area contributed by atoms with E-state index in [4.69, 9.17) is 4.74 Å². The van der Waals surface area contributed by atoms with Crippen LogP contribution >= 0.6 is 0 Å². The summed E-state index contributed by atoms with van der Waals surface area (Å²) >= 11 is 0. The molecule has 0 saturated heterocycles. The molecule has 5 heteroatoms. The summed E-state index contributed by atoms with van der Waals surface area (Å²) in [5.74, 6) is 1.89. The number of pyridine rings is 1. The molecule has 1 fully saturated rings. The first-order valence-electron chi connectivity index (χ1n) is 8.45. The molecule has 0 spiro atoms. The fourth-order valence-electron chi connectivity index (χ4n) is 2.68. The quantitative estimate of drug-likeness (QED) is 0.718. The number of aryl methyl sites for hydroxylation is 1. The first kappa shape index (κ1) is 15.6. The lowest BCUT2D eigenvalue weighted by atomic mass is 10.1. The number of ether oxygens (including phenoxy) is 1. The van der Waals surface area contributed by atoms with Gasteiger partial charge in [-0.2, -0.15) is 4.98 Å². The molecule has 2 aromatic heterocycles. The maximum absolute atomic E-state index is 12.3. The smallest absolute Gasteiger partial charge is 0.255 e. The zero-order chi connectivity index (χ0) is 17.2. The number of benzene rings is 1. The summed E-state index contributed by atoms with van der Waals surface area (Å²) < 4.78 is 7.56. The fraction of sp³-hybridized carbons (Fsp3) is 0.250. The van der Waals surface area contributed by atoms with Gasteiger partial charge in [-0.05, 0) is 43.9 Å². The molecule has 0 unspecified atom stereocenters. The van der Waals surface area contributed by atoms with Crippen molar-refractivity contribution in [3.63, 3.8) is 0 Å². The topological polar surface area (TPSA) is 57.0 Å². The zero-order valence-electron chi connectivity index (χ0n) is 14.1. The lowest BCUT2D eigenvalue weighted by Crippen LogP contribution is -2.16. The molecule has 0 aliphatic heterocycles. The summed E-state index contributed by atoms with van der Waals surface area (Å²) in [6.45, 7) is 2.53. The molecule has 0 bridgehead atoms. The van der Waals surface area contributed by atoms with E-state index in [9.17, 15) is 4.79 Å². The van der Waals surface area contributed by atoms with Gasteiger partial charge in [0, 0.05) is 29.7 Å². The van der Waals surface area contributed by atoms with Gasteiger partial charge in [-0.3, -0.25) is 9.36 Å². The highest BCUT2D eigenvalue weighted by Gasteiger charge is 2.23. The van der Waals surface area contributed by atoms with Crippen LogP contribution in [0.2, 0.25) is 0 Å². The summed E-state index contributed by atoms with van der Waals surface area (Å²) in [7, 11) is 0. The van der Waals surface area contributed by atoms with E-state index in [2.05, 4.69) is 9.97 Å². The van der Waals surface area contributed by atoms with Crippen molar-refractivity contribution in [2.45, 2.75) is 19.8 Å².